The number of amides is 1. The predicted octanol–water partition coefficient (Wildman–Crippen LogP) is 25.6. The minimum atomic E-state index is -0.662. The number of esters is 1. The van der Waals surface area contributed by atoms with Crippen molar-refractivity contribution in [2.24, 2.45) is 0 Å². The van der Waals surface area contributed by atoms with Gasteiger partial charge in [0.05, 0.1) is 25.4 Å². The highest BCUT2D eigenvalue weighted by Gasteiger charge is 2.20. The molecule has 0 aliphatic heterocycles. The fourth-order valence-electron chi connectivity index (χ4n) is 12.2. The molecule has 0 rings (SSSR count). The molecule has 0 heterocycles. The molecule has 0 aromatic carbocycles. The number of ether oxygens (including phenoxy) is 1. The largest absolute Gasteiger partial charge is 0.466 e. The van der Waals surface area contributed by atoms with Crippen molar-refractivity contribution >= 4 is 11.9 Å². The van der Waals surface area contributed by atoms with Crippen LogP contribution in [0, 0.1) is 0 Å². The van der Waals surface area contributed by atoms with Gasteiger partial charge >= 0.3 is 5.97 Å². The maximum absolute atomic E-state index is 12.5. The van der Waals surface area contributed by atoms with E-state index in [-0.39, 0.29) is 18.5 Å². The molecule has 3 N–H and O–H groups in total. The van der Waals surface area contributed by atoms with E-state index in [1.165, 1.54) is 334 Å². The number of hydrogen-bond donors (Lipinski definition) is 3. The van der Waals surface area contributed by atoms with Gasteiger partial charge in [-0.3, -0.25) is 9.59 Å². The van der Waals surface area contributed by atoms with E-state index in [1.807, 2.05) is 0 Å². The first kappa shape index (κ1) is 83.8. The number of hydrogen-bond acceptors (Lipinski definition) is 5. The fraction of sp³-hybridized carbons (Fsp3) is 0.875. The lowest BCUT2D eigenvalue weighted by Crippen LogP contribution is -2.45. The van der Waals surface area contributed by atoms with Crippen molar-refractivity contribution in [2.45, 2.75) is 437 Å². The standard InChI is InChI=1S/C80H151NO5/c1-3-5-7-9-11-13-15-17-18-19-39-43-46-50-54-58-62-66-70-74-80(85)86-75-71-67-63-59-55-51-47-44-41-38-36-34-32-30-28-26-24-22-20-21-23-25-27-29-31-33-35-37-40-42-45-49-53-57-61-65-69-73-79(84)81-77(76-82)78(83)72-68-64-60-56-52-48-16-14-12-10-8-6-4-2/h11,13,17-18,20,22,26,28,77-78,82-83H,3-10,12,14-16,19,21,23-25,27,29-76H2,1-2H3,(H,81,84)/b13-11-,18-17-,22-20-,28-26-. The molecule has 0 aromatic heterocycles. The van der Waals surface area contributed by atoms with Gasteiger partial charge in [0, 0.05) is 12.8 Å². The predicted molar refractivity (Wildman–Crippen MR) is 379 cm³/mol. The fourth-order valence-corrected chi connectivity index (χ4v) is 12.2. The van der Waals surface area contributed by atoms with E-state index in [9.17, 15) is 19.8 Å². The van der Waals surface area contributed by atoms with Gasteiger partial charge in [0.2, 0.25) is 5.91 Å². The average Bonchev–Trinajstić information content (AvgIpc) is 3.54. The first-order valence-electron chi connectivity index (χ1n) is 38.9. The Bertz CT molecular complexity index is 1440. The Morgan fingerprint density at radius 1 is 0.326 bits per heavy atom. The third kappa shape index (κ3) is 70.9. The monoisotopic (exact) mass is 1210 g/mol. The zero-order chi connectivity index (χ0) is 62.0. The highest BCUT2D eigenvalue weighted by Crippen LogP contribution is 2.19. The Morgan fingerprint density at radius 2 is 0.581 bits per heavy atom. The minimum Gasteiger partial charge on any atom is -0.466 e. The number of carbonyl (C=O) groups is 2. The SMILES string of the molecule is CCCCC/C=C\C/C=C\CCCCCCCCCCCC(=O)OCCCCCCCCCCCCCCC/C=C\C/C=C\CCCCCCCCCCCCCCCCCCCC(=O)NC(CO)C(O)CCCCCCCCCCCCCCC. The van der Waals surface area contributed by atoms with Crippen LogP contribution in [-0.2, 0) is 14.3 Å². The molecule has 0 aliphatic rings. The number of aliphatic hydroxyl groups is 2. The molecule has 0 aromatic rings. The van der Waals surface area contributed by atoms with Crippen LogP contribution < -0.4 is 5.32 Å². The summed E-state index contributed by atoms with van der Waals surface area (Å²) in [6, 6.07) is -0.539. The second-order valence-corrected chi connectivity index (χ2v) is 26.7. The van der Waals surface area contributed by atoms with E-state index in [4.69, 9.17) is 4.74 Å². The summed E-state index contributed by atoms with van der Waals surface area (Å²) in [4.78, 5) is 24.6. The van der Waals surface area contributed by atoms with E-state index in [0.29, 0.717) is 25.9 Å². The van der Waals surface area contributed by atoms with Crippen LogP contribution in [0.4, 0.5) is 0 Å². The second-order valence-electron chi connectivity index (χ2n) is 26.7. The molecule has 1 amide bonds. The lowest BCUT2D eigenvalue weighted by molar-refractivity contribution is -0.143. The van der Waals surface area contributed by atoms with Crippen LogP contribution >= 0.6 is 0 Å². The van der Waals surface area contributed by atoms with Crippen molar-refractivity contribution in [2.75, 3.05) is 13.2 Å². The Hall–Kier alpha value is -2.18. The first-order valence-corrected chi connectivity index (χ1v) is 38.9. The summed E-state index contributed by atoms with van der Waals surface area (Å²) >= 11 is 0. The van der Waals surface area contributed by atoms with Crippen LogP contribution in [0.2, 0.25) is 0 Å². The van der Waals surface area contributed by atoms with Gasteiger partial charge in [-0.25, -0.2) is 0 Å². The van der Waals surface area contributed by atoms with Gasteiger partial charge in [0.25, 0.3) is 0 Å². The lowest BCUT2D eigenvalue weighted by Gasteiger charge is -2.22. The molecule has 0 bridgehead atoms. The van der Waals surface area contributed by atoms with Crippen LogP contribution in [0.25, 0.3) is 0 Å². The third-order valence-electron chi connectivity index (χ3n) is 18.1. The Kier molecular flexibility index (Phi) is 73.4. The average molecular weight is 1210 g/mol. The maximum atomic E-state index is 12.5. The van der Waals surface area contributed by atoms with Gasteiger partial charge in [-0.15, -0.1) is 0 Å². The minimum absolute atomic E-state index is 0.0153. The highest BCUT2D eigenvalue weighted by molar-refractivity contribution is 5.76. The molecular weight excluding hydrogens is 1050 g/mol. The van der Waals surface area contributed by atoms with Crippen molar-refractivity contribution in [1.82, 2.24) is 5.32 Å². The van der Waals surface area contributed by atoms with Crippen LogP contribution in [0.1, 0.15) is 425 Å². The van der Waals surface area contributed by atoms with Gasteiger partial charge in [0.1, 0.15) is 0 Å². The zero-order valence-electron chi connectivity index (χ0n) is 58.1. The number of nitrogens with one attached hydrogen (secondary N) is 1. The van der Waals surface area contributed by atoms with E-state index in [0.717, 1.165) is 57.8 Å². The van der Waals surface area contributed by atoms with E-state index in [2.05, 4.69) is 67.8 Å². The molecule has 0 radical (unpaired) electrons. The molecule has 0 aliphatic carbocycles. The van der Waals surface area contributed by atoms with Crippen molar-refractivity contribution < 1.29 is 24.5 Å². The van der Waals surface area contributed by atoms with Gasteiger partial charge in [-0.1, -0.05) is 371 Å². The molecule has 0 saturated heterocycles. The summed E-state index contributed by atoms with van der Waals surface area (Å²) < 4.78 is 5.51. The molecule has 0 saturated carbocycles. The number of rotatable bonds is 73. The van der Waals surface area contributed by atoms with Crippen LogP contribution in [-0.4, -0.2) is 47.4 Å². The van der Waals surface area contributed by atoms with Crippen LogP contribution in [0.3, 0.4) is 0 Å². The van der Waals surface area contributed by atoms with Crippen molar-refractivity contribution in [3.8, 4) is 0 Å². The molecule has 2 atom stereocenters. The maximum Gasteiger partial charge on any atom is 0.305 e. The summed E-state index contributed by atoms with van der Waals surface area (Å²) in [6.45, 7) is 4.96. The third-order valence-corrected chi connectivity index (χ3v) is 18.1. The molecule has 2 unspecified atom stereocenters. The quantitative estimate of drug-likeness (QED) is 0.0320. The number of carbonyl (C=O) groups excluding carboxylic acids is 2. The van der Waals surface area contributed by atoms with E-state index in [1.54, 1.807) is 0 Å². The molecule has 6 heteroatoms. The second kappa shape index (κ2) is 75.3. The Balaban J connectivity index is 3.34. The van der Waals surface area contributed by atoms with Gasteiger partial charge < -0.3 is 20.3 Å². The van der Waals surface area contributed by atoms with Gasteiger partial charge in [-0.05, 0) is 89.9 Å². The molecule has 506 valence electrons. The summed E-state index contributed by atoms with van der Waals surface area (Å²) in [5.74, 6) is -0.0150. The van der Waals surface area contributed by atoms with Crippen LogP contribution in [0.5, 0.6) is 0 Å². The normalized spacial score (nSPS) is 12.7. The lowest BCUT2D eigenvalue weighted by atomic mass is 10.0. The number of allylic oxidation sites excluding steroid dienone is 8. The molecule has 6 nitrogen and oxygen atoms in total. The molecular formula is C80H151NO5. The van der Waals surface area contributed by atoms with E-state index >= 15 is 0 Å². The zero-order valence-corrected chi connectivity index (χ0v) is 58.1. The number of unbranched alkanes of at least 4 members (excludes halogenated alkanes) is 54. The molecule has 86 heavy (non-hydrogen) atoms. The highest BCUT2D eigenvalue weighted by atomic mass is 16.5. The van der Waals surface area contributed by atoms with Crippen LogP contribution in [0.15, 0.2) is 48.6 Å². The van der Waals surface area contributed by atoms with Crippen molar-refractivity contribution in [3.63, 3.8) is 0 Å². The summed E-state index contributed by atoms with van der Waals surface area (Å²) in [7, 11) is 0. The number of aliphatic hydroxyl groups excluding tert-OH is 2. The Labute approximate surface area is 537 Å². The van der Waals surface area contributed by atoms with Crippen molar-refractivity contribution in [3.05, 3.63) is 48.6 Å². The smallest absolute Gasteiger partial charge is 0.305 e. The topological polar surface area (TPSA) is 95.9 Å². The summed E-state index contributed by atoms with van der Waals surface area (Å²) in [5.41, 5.74) is 0. The van der Waals surface area contributed by atoms with E-state index < -0.39 is 12.1 Å². The Morgan fingerprint density at radius 3 is 0.907 bits per heavy atom. The van der Waals surface area contributed by atoms with Crippen molar-refractivity contribution in [1.29, 1.82) is 0 Å². The van der Waals surface area contributed by atoms with Gasteiger partial charge in [0.15, 0.2) is 0 Å². The molecule has 0 spiro atoms. The first-order chi connectivity index (χ1) is 42.5. The van der Waals surface area contributed by atoms with Gasteiger partial charge in [-0.2, -0.15) is 0 Å². The summed E-state index contributed by atoms with van der Waals surface area (Å²) in [5, 5.41) is 23.3. The summed E-state index contributed by atoms with van der Waals surface area (Å²) in [6.07, 6.45) is 99.2. The molecule has 0 fully saturated rings.